The van der Waals surface area contributed by atoms with Crippen LogP contribution < -0.4 is 5.32 Å². The minimum Gasteiger partial charge on any atom is -0.448 e. The van der Waals surface area contributed by atoms with Crippen LogP contribution in [0.4, 0.5) is 15.3 Å². The van der Waals surface area contributed by atoms with Crippen molar-refractivity contribution >= 4 is 17.9 Å². The van der Waals surface area contributed by atoms with Gasteiger partial charge in [-0.3, -0.25) is 10.2 Å². The van der Waals surface area contributed by atoms with Gasteiger partial charge in [0.15, 0.2) is 0 Å². The standard InChI is InChI=1S/C34H37N3O4/c1-6-24-19-25(21-36-15-17-37(18-16-36)33(39)41-34(3,4)5)23(2)31(20-24)35-32(38)40-22-30-28-13-9-7-11-26(28)27-12-8-10-14-29(27)30/h1,7-14,19-20,30H,15-18,21-22H2,2-5H3,(H,35,38). The third-order valence-corrected chi connectivity index (χ3v) is 7.68. The zero-order valence-electron chi connectivity index (χ0n) is 24.2. The maximum Gasteiger partial charge on any atom is 0.411 e. The van der Waals surface area contributed by atoms with Crippen LogP contribution in [-0.2, 0) is 16.0 Å². The van der Waals surface area contributed by atoms with Gasteiger partial charge in [-0.1, -0.05) is 54.5 Å². The Morgan fingerprint density at radius 1 is 0.976 bits per heavy atom. The average Bonchev–Trinajstić information content (AvgIpc) is 3.27. The largest absolute Gasteiger partial charge is 0.448 e. The second kappa shape index (κ2) is 11.7. The first-order chi connectivity index (χ1) is 19.6. The van der Waals surface area contributed by atoms with Crippen LogP contribution in [0.1, 0.15) is 54.5 Å². The van der Waals surface area contributed by atoms with E-state index >= 15 is 0 Å². The highest BCUT2D eigenvalue weighted by atomic mass is 16.6. The van der Waals surface area contributed by atoms with E-state index in [1.165, 1.54) is 22.3 Å². The van der Waals surface area contributed by atoms with Crippen molar-refractivity contribution in [3.05, 3.63) is 88.5 Å². The molecular formula is C34H37N3O4. The van der Waals surface area contributed by atoms with E-state index in [0.29, 0.717) is 44.0 Å². The predicted octanol–water partition coefficient (Wildman–Crippen LogP) is 6.39. The van der Waals surface area contributed by atoms with E-state index in [2.05, 4.69) is 40.4 Å². The van der Waals surface area contributed by atoms with Gasteiger partial charge in [-0.2, -0.15) is 0 Å². The molecule has 2 amide bonds. The molecule has 1 heterocycles. The fraction of sp³-hybridized carbons (Fsp3) is 0.353. The summed E-state index contributed by atoms with van der Waals surface area (Å²) >= 11 is 0. The van der Waals surface area contributed by atoms with Crippen LogP contribution in [0, 0.1) is 19.3 Å². The van der Waals surface area contributed by atoms with Gasteiger partial charge in [0, 0.05) is 49.9 Å². The molecule has 0 atom stereocenters. The van der Waals surface area contributed by atoms with Gasteiger partial charge in [-0.25, -0.2) is 9.59 Å². The monoisotopic (exact) mass is 551 g/mol. The number of rotatable bonds is 5. The number of piperazine rings is 1. The van der Waals surface area contributed by atoms with E-state index in [0.717, 1.165) is 11.1 Å². The first-order valence-corrected chi connectivity index (χ1v) is 14.1. The summed E-state index contributed by atoms with van der Waals surface area (Å²) in [5.74, 6) is 2.70. The van der Waals surface area contributed by atoms with E-state index in [9.17, 15) is 9.59 Å². The van der Waals surface area contributed by atoms with E-state index < -0.39 is 11.7 Å². The minimum atomic E-state index is -0.516. The Morgan fingerprint density at radius 2 is 1.59 bits per heavy atom. The van der Waals surface area contributed by atoms with Crippen LogP contribution in [-0.4, -0.2) is 60.4 Å². The van der Waals surface area contributed by atoms with Gasteiger partial charge >= 0.3 is 12.2 Å². The van der Waals surface area contributed by atoms with Crippen molar-refractivity contribution in [2.45, 2.75) is 45.8 Å². The number of benzene rings is 3. The molecule has 1 N–H and O–H groups in total. The summed E-state index contributed by atoms with van der Waals surface area (Å²) in [5.41, 5.74) is 7.48. The molecule has 1 saturated heterocycles. The van der Waals surface area contributed by atoms with Gasteiger partial charge < -0.3 is 14.4 Å². The van der Waals surface area contributed by atoms with Crippen LogP contribution in [0.2, 0.25) is 0 Å². The molecular weight excluding hydrogens is 514 g/mol. The molecule has 0 unspecified atom stereocenters. The quantitative estimate of drug-likeness (QED) is 0.372. The number of ether oxygens (including phenoxy) is 2. The Bertz CT molecular complexity index is 1450. The Hall–Kier alpha value is -4.28. The second-order valence-electron chi connectivity index (χ2n) is 11.6. The molecule has 41 heavy (non-hydrogen) atoms. The highest BCUT2D eigenvalue weighted by molar-refractivity contribution is 5.87. The molecule has 0 bridgehead atoms. The van der Waals surface area contributed by atoms with Crippen LogP contribution >= 0.6 is 0 Å². The average molecular weight is 552 g/mol. The molecule has 0 aromatic heterocycles. The summed E-state index contributed by atoms with van der Waals surface area (Å²) in [5, 5.41) is 2.93. The topological polar surface area (TPSA) is 71.1 Å². The maximum atomic E-state index is 13.0. The highest BCUT2D eigenvalue weighted by Crippen LogP contribution is 2.44. The number of hydrogen-bond donors (Lipinski definition) is 1. The predicted molar refractivity (Wildman–Crippen MR) is 161 cm³/mol. The second-order valence-corrected chi connectivity index (χ2v) is 11.6. The maximum absolute atomic E-state index is 13.0. The summed E-state index contributed by atoms with van der Waals surface area (Å²) in [6, 6.07) is 20.3. The van der Waals surface area contributed by atoms with Crippen molar-refractivity contribution in [1.29, 1.82) is 0 Å². The normalized spacial score (nSPS) is 15.0. The number of carbonyl (C=O) groups excluding carboxylic acids is 2. The van der Waals surface area contributed by atoms with E-state index in [-0.39, 0.29) is 18.6 Å². The zero-order valence-corrected chi connectivity index (χ0v) is 24.2. The summed E-state index contributed by atoms with van der Waals surface area (Å²) in [4.78, 5) is 29.5. The van der Waals surface area contributed by atoms with Crippen molar-refractivity contribution < 1.29 is 19.1 Å². The number of carbonyl (C=O) groups is 2. The number of hydrogen-bond acceptors (Lipinski definition) is 5. The van der Waals surface area contributed by atoms with Crippen LogP contribution in [0.5, 0.6) is 0 Å². The van der Waals surface area contributed by atoms with Gasteiger partial charge in [-0.05, 0) is 73.2 Å². The lowest BCUT2D eigenvalue weighted by Gasteiger charge is -2.35. The summed E-state index contributed by atoms with van der Waals surface area (Å²) in [6.07, 6.45) is 4.98. The van der Waals surface area contributed by atoms with Gasteiger partial charge in [0.05, 0.1) is 0 Å². The first kappa shape index (κ1) is 28.3. The molecule has 5 rings (SSSR count). The van der Waals surface area contributed by atoms with Crippen LogP contribution in [0.15, 0.2) is 60.7 Å². The van der Waals surface area contributed by atoms with E-state index in [4.69, 9.17) is 15.9 Å². The number of fused-ring (bicyclic) bond motifs is 3. The molecule has 7 nitrogen and oxygen atoms in total. The lowest BCUT2D eigenvalue weighted by molar-refractivity contribution is 0.0139. The molecule has 0 saturated carbocycles. The SMILES string of the molecule is C#Cc1cc(CN2CCN(C(=O)OC(C)(C)C)CC2)c(C)c(NC(=O)OCC2c3ccccc3-c3ccccc32)c1. The molecule has 1 aliphatic carbocycles. The van der Waals surface area contributed by atoms with Crippen molar-refractivity contribution in [3.63, 3.8) is 0 Å². The molecule has 3 aromatic rings. The highest BCUT2D eigenvalue weighted by Gasteiger charge is 2.29. The fourth-order valence-electron chi connectivity index (χ4n) is 5.55. The third-order valence-electron chi connectivity index (χ3n) is 7.68. The van der Waals surface area contributed by atoms with E-state index in [1.54, 1.807) is 11.0 Å². The molecule has 212 valence electrons. The smallest absolute Gasteiger partial charge is 0.411 e. The Labute approximate surface area is 242 Å². The molecule has 1 fully saturated rings. The molecule has 7 heteroatoms. The Balaban J connectivity index is 1.22. The zero-order chi connectivity index (χ0) is 29.1. The molecule has 0 radical (unpaired) electrons. The van der Waals surface area contributed by atoms with Crippen LogP contribution in [0.25, 0.3) is 11.1 Å². The number of amides is 2. The minimum absolute atomic E-state index is 0.0128. The third kappa shape index (κ3) is 6.39. The van der Waals surface area contributed by atoms with Crippen molar-refractivity contribution in [3.8, 4) is 23.5 Å². The number of nitrogens with one attached hydrogen (secondary N) is 1. The van der Waals surface area contributed by atoms with Gasteiger partial charge in [0.25, 0.3) is 0 Å². The Kier molecular flexibility index (Phi) is 8.05. The van der Waals surface area contributed by atoms with E-state index in [1.807, 2.05) is 58.0 Å². The summed E-state index contributed by atoms with van der Waals surface area (Å²) < 4.78 is 11.3. The molecule has 3 aromatic carbocycles. The summed E-state index contributed by atoms with van der Waals surface area (Å²) in [7, 11) is 0. The molecule has 2 aliphatic rings. The lowest BCUT2D eigenvalue weighted by Crippen LogP contribution is -2.49. The molecule has 1 aliphatic heterocycles. The number of terminal acetylenes is 1. The van der Waals surface area contributed by atoms with Gasteiger partial charge in [0.2, 0.25) is 0 Å². The fourth-order valence-corrected chi connectivity index (χ4v) is 5.55. The van der Waals surface area contributed by atoms with Crippen molar-refractivity contribution in [2.75, 3.05) is 38.1 Å². The van der Waals surface area contributed by atoms with Crippen molar-refractivity contribution in [1.82, 2.24) is 9.80 Å². The van der Waals surface area contributed by atoms with Gasteiger partial charge in [-0.15, -0.1) is 6.42 Å². The number of nitrogens with zero attached hydrogens (tertiary/aromatic N) is 2. The van der Waals surface area contributed by atoms with Crippen LogP contribution in [0.3, 0.4) is 0 Å². The lowest BCUT2D eigenvalue weighted by atomic mass is 9.98. The van der Waals surface area contributed by atoms with Gasteiger partial charge in [0.1, 0.15) is 12.2 Å². The summed E-state index contributed by atoms with van der Waals surface area (Å²) in [6.45, 7) is 11.1. The molecule has 0 spiro atoms. The first-order valence-electron chi connectivity index (χ1n) is 14.1. The Morgan fingerprint density at radius 3 is 2.17 bits per heavy atom. The van der Waals surface area contributed by atoms with Crippen molar-refractivity contribution in [2.24, 2.45) is 0 Å². The number of anilines is 1.